The standard InChI is InChI=1S/C19H23N7.2ClH/c20-12-13-3-1-2-4-17(13)25-5-7-26(8-6-25)18-11-16(23-19(22)24-18)14-9-15(21)10-14;;/h1-4,11,14-15H,5-10,21H2,(H2,22,23,24);2*1H. The van der Waals surface area contributed by atoms with Crippen molar-refractivity contribution in [2.24, 2.45) is 5.73 Å². The number of anilines is 3. The Bertz CT molecular complexity index is 840. The summed E-state index contributed by atoms with van der Waals surface area (Å²) < 4.78 is 0. The minimum atomic E-state index is 0. The van der Waals surface area contributed by atoms with Crippen molar-refractivity contribution in [1.29, 1.82) is 5.26 Å². The number of benzene rings is 1. The Morgan fingerprint density at radius 2 is 1.64 bits per heavy atom. The van der Waals surface area contributed by atoms with Gasteiger partial charge in [0.25, 0.3) is 0 Å². The van der Waals surface area contributed by atoms with Gasteiger partial charge in [0.05, 0.1) is 16.9 Å². The number of para-hydroxylation sites is 1. The Hall–Kier alpha value is -2.27. The van der Waals surface area contributed by atoms with Gasteiger partial charge >= 0.3 is 0 Å². The van der Waals surface area contributed by atoms with Crippen LogP contribution < -0.4 is 21.3 Å². The van der Waals surface area contributed by atoms with Gasteiger partial charge in [-0.3, -0.25) is 0 Å². The third-order valence-electron chi connectivity index (χ3n) is 5.31. The Kier molecular flexibility index (Phi) is 7.30. The molecule has 150 valence electrons. The largest absolute Gasteiger partial charge is 0.368 e. The van der Waals surface area contributed by atoms with Crippen molar-refractivity contribution in [3.05, 3.63) is 41.6 Å². The highest BCUT2D eigenvalue weighted by Gasteiger charge is 2.30. The van der Waals surface area contributed by atoms with Crippen molar-refractivity contribution in [1.82, 2.24) is 9.97 Å². The fourth-order valence-corrected chi connectivity index (χ4v) is 3.77. The lowest BCUT2D eigenvalue weighted by Gasteiger charge is -2.37. The molecule has 1 aliphatic carbocycles. The zero-order valence-corrected chi connectivity index (χ0v) is 17.1. The summed E-state index contributed by atoms with van der Waals surface area (Å²) >= 11 is 0. The predicted octanol–water partition coefficient (Wildman–Crippen LogP) is 2.31. The lowest BCUT2D eigenvalue weighted by molar-refractivity contribution is 0.345. The van der Waals surface area contributed by atoms with Gasteiger partial charge in [0.15, 0.2) is 0 Å². The van der Waals surface area contributed by atoms with Gasteiger partial charge in [-0.15, -0.1) is 24.8 Å². The van der Waals surface area contributed by atoms with E-state index in [4.69, 9.17) is 11.5 Å². The molecule has 0 unspecified atom stereocenters. The molecule has 1 saturated carbocycles. The van der Waals surface area contributed by atoms with Crippen LogP contribution in [0.3, 0.4) is 0 Å². The van der Waals surface area contributed by atoms with E-state index in [1.165, 1.54) is 0 Å². The van der Waals surface area contributed by atoms with Crippen molar-refractivity contribution < 1.29 is 0 Å². The second kappa shape index (κ2) is 9.28. The lowest BCUT2D eigenvalue weighted by Crippen LogP contribution is -2.47. The first kappa shape index (κ1) is 22.0. The lowest BCUT2D eigenvalue weighted by atomic mass is 9.78. The first-order valence-corrected chi connectivity index (χ1v) is 9.03. The molecular formula is C19H25Cl2N7. The molecule has 2 aromatic rings. The number of halogens is 2. The summed E-state index contributed by atoms with van der Waals surface area (Å²) in [5, 5.41) is 9.31. The van der Waals surface area contributed by atoms with Gasteiger partial charge < -0.3 is 21.3 Å². The third kappa shape index (κ3) is 4.41. The number of nitriles is 1. The summed E-state index contributed by atoms with van der Waals surface area (Å²) in [6.45, 7) is 3.35. The first-order valence-electron chi connectivity index (χ1n) is 9.03. The molecule has 1 aliphatic heterocycles. The van der Waals surface area contributed by atoms with Gasteiger partial charge in [-0.1, -0.05) is 12.1 Å². The first-order chi connectivity index (χ1) is 12.6. The summed E-state index contributed by atoms with van der Waals surface area (Å²) in [6, 6.07) is 12.4. The van der Waals surface area contributed by atoms with E-state index in [9.17, 15) is 5.26 Å². The number of hydrogen-bond acceptors (Lipinski definition) is 7. The molecule has 0 amide bonds. The van der Waals surface area contributed by atoms with Crippen LogP contribution >= 0.6 is 24.8 Å². The van der Waals surface area contributed by atoms with E-state index >= 15 is 0 Å². The molecule has 0 radical (unpaired) electrons. The zero-order chi connectivity index (χ0) is 18.1. The van der Waals surface area contributed by atoms with Crippen molar-refractivity contribution in [3.63, 3.8) is 0 Å². The van der Waals surface area contributed by atoms with Crippen LogP contribution in [0.1, 0.15) is 30.0 Å². The zero-order valence-electron chi connectivity index (χ0n) is 15.5. The van der Waals surface area contributed by atoms with E-state index in [1.807, 2.05) is 24.3 Å². The average molecular weight is 422 g/mol. The van der Waals surface area contributed by atoms with E-state index in [1.54, 1.807) is 0 Å². The number of piperazine rings is 1. The summed E-state index contributed by atoms with van der Waals surface area (Å²) in [5.74, 6) is 1.62. The molecule has 28 heavy (non-hydrogen) atoms. The molecule has 0 atom stereocenters. The Balaban J connectivity index is 0.00000140. The molecule has 1 saturated heterocycles. The van der Waals surface area contributed by atoms with Gasteiger partial charge in [-0.05, 0) is 25.0 Å². The number of nitrogen functional groups attached to an aromatic ring is 1. The van der Waals surface area contributed by atoms with Crippen LogP contribution in [0, 0.1) is 11.3 Å². The highest BCUT2D eigenvalue weighted by atomic mass is 35.5. The number of nitrogens with zero attached hydrogens (tertiary/aromatic N) is 5. The van der Waals surface area contributed by atoms with E-state index < -0.39 is 0 Å². The maximum Gasteiger partial charge on any atom is 0.222 e. The SMILES string of the molecule is Cl.Cl.N#Cc1ccccc1N1CCN(c2cc(C3CC(N)C3)nc(N)n2)CC1. The Morgan fingerprint density at radius 3 is 2.29 bits per heavy atom. The van der Waals surface area contributed by atoms with Crippen LogP contribution in [-0.2, 0) is 0 Å². The van der Waals surface area contributed by atoms with Gasteiger partial charge in [-0.25, -0.2) is 4.98 Å². The van der Waals surface area contributed by atoms with E-state index in [0.717, 1.165) is 61.8 Å². The minimum Gasteiger partial charge on any atom is -0.368 e. The number of nitrogens with two attached hydrogens (primary N) is 2. The van der Waals surface area contributed by atoms with Crippen LogP contribution in [0.15, 0.2) is 30.3 Å². The molecule has 2 fully saturated rings. The molecular weight excluding hydrogens is 397 g/mol. The van der Waals surface area contributed by atoms with E-state index in [-0.39, 0.29) is 30.9 Å². The normalized spacial score (nSPS) is 21.0. The molecule has 4 rings (SSSR count). The molecule has 0 spiro atoms. The number of hydrogen-bond donors (Lipinski definition) is 2. The molecule has 1 aromatic carbocycles. The molecule has 2 heterocycles. The minimum absolute atomic E-state index is 0. The van der Waals surface area contributed by atoms with Crippen molar-refractivity contribution in [2.45, 2.75) is 24.8 Å². The van der Waals surface area contributed by atoms with Crippen molar-refractivity contribution >= 4 is 42.3 Å². The highest BCUT2D eigenvalue weighted by Crippen LogP contribution is 2.36. The average Bonchev–Trinajstić information content (AvgIpc) is 2.65. The van der Waals surface area contributed by atoms with Crippen molar-refractivity contribution in [2.75, 3.05) is 41.7 Å². The van der Waals surface area contributed by atoms with Gasteiger partial charge in [0.1, 0.15) is 11.9 Å². The summed E-state index contributed by atoms with van der Waals surface area (Å²) in [5.41, 5.74) is 14.6. The monoisotopic (exact) mass is 421 g/mol. The fourth-order valence-electron chi connectivity index (χ4n) is 3.77. The highest BCUT2D eigenvalue weighted by molar-refractivity contribution is 5.85. The number of rotatable bonds is 3. The predicted molar refractivity (Wildman–Crippen MR) is 116 cm³/mol. The molecule has 9 heteroatoms. The van der Waals surface area contributed by atoms with E-state index in [2.05, 4.69) is 31.9 Å². The smallest absolute Gasteiger partial charge is 0.222 e. The molecule has 0 bridgehead atoms. The van der Waals surface area contributed by atoms with Crippen LogP contribution in [0.2, 0.25) is 0 Å². The second-order valence-electron chi connectivity index (χ2n) is 7.04. The van der Waals surface area contributed by atoms with Crippen LogP contribution in [0.4, 0.5) is 17.5 Å². The molecule has 4 N–H and O–H groups in total. The van der Waals surface area contributed by atoms with Gasteiger partial charge in [0.2, 0.25) is 5.95 Å². The quantitative estimate of drug-likeness (QED) is 0.782. The topological polar surface area (TPSA) is 108 Å². The third-order valence-corrected chi connectivity index (χ3v) is 5.31. The van der Waals surface area contributed by atoms with Gasteiger partial charge in [-0.2, -0.15) is 10.2 Å². The second-order valence-corrected chi connectivity index (χ2v) is 7.04. The fraction of sp³-hybridized carbons (Fsp3) is 0.421. The summed E-state index contributed by atoms with van der Waals surface area (Å²) in [6.07, 6.45) is 1.93. The van der Waals surface area contributed by atoms with Gasteiger partial charge in [0, 0.05) is 44.2 Å². The summed E-state index contributed by atoms with van der Waals surface area (Å²) in [4.78, 5) is 13.3. The summed E-state index contributed by atoms with van der Waals surface area (Å²) in [7, 11) is 0. The van der Waals surface area contributed by atoms with Crippen LogP contribution in [0.25, 0.3) is 0 Å². The van der Waals surface area contributed by atoms with Crippen LogP contribution in [0.5, 0.6) is 0 Å². The maximum atomic E-state index is 9.31. The molecule has 7 nitrogen and oxygen atoms in total. The van der Waals surface area contributed by atoms with Crippen molar-refractivity contribution in [3.8, 4) is 6.07 Å². The Morgan fingerprint density at radius 1 is 1.00 bits per heavy atom. The number of aromatic nitrogens is 2. The van der Waals surface area contributed by atoms with E-state index in [0.29, 0.717) is 11.9 Å². The van der Waals surface area contributed by atoms with Crippen LogP contribution in [-0.4, -0.2) is 42.2 Å². The maximum absolute atomic E-state index is 9.31. The molecule has 2 aliphatic rings. The Labute approximate surface area is 177 Å². The molecule has 1 aromatic heterocycles.